The van der Waals surface area contributed by atoms with Crippen LogP contribution < -0.4 is 4.74 Å². The summed E-state index contributed by atoms with van der Waals surface area (Å²) in [5.74, 6) is 0.947. The lowest BCUT2D eigenvalue weighted by molar-refractivity contribution is -0.385. The molecule has 0 saturated carbocycles. The number of nitrogens with zero attached hydrogens (tertiary/aromatic N) is 5. The minimum absolute atomic E-state index is 0.0374. The van der Waals surface area contributed by atoms with E-state index in [1.165, 1.54) is 23.0 Å². The van der Waals surface area contributed by atoms with Gasteiger partial charge in [0.15, 0.2) is 23.1 Å². The van der Waals surface area contributed by atoms with Gasteiger partial charge < -0.3 is 9.84 Å². The van der Waals surface area contributed by atoms with Crippen molar-refractivity contribution in [2.24, 2.45) is 5.10 Å². The standard InChI is InChI=1S/C13H15N5O4/c1-4-22-12-6-11(18(20)21)5-10(13(12)19)7-14-17-8(2)15-16-9(17)3/h5-7,19H,4H2,1-3H3. The van der Waals surface area contributed by atoms with Crippen molar-refractivity contribution in [3.8, 4) is 11.5 Å². The Morgan fingerprint density at radius 3 is 2.59 bits per heavy atom. The number of nitro benzene ring substituents is 1. The van der Waals surface area contributed by atoms with Crippen LogP contribution in [0.2, 0.25) is 0 Å². The number of rotatable bonds is 5. The Bertz CT molecular complexity index is 719. The Kier molecular flexibility index (Phi) is 4.35. The van der Waals surface area contributed by atoms with Gasteiger partial charge in [-0.3, -0.25) is 10.1 Å². The van der Waals surface area contributed by atoms with E-state index >= 15 is 0 Å². The molecule has 0 bridgehead atoms. The predicted molar refractivity (Wildman–Crippen MR) is 78.4 cm³/mol. The fourth-order valence-corrected chi connectivity index (χ4v) is 1.83. The van der Waals surface area contributed by atoms with Crippen molar-refractivity contribution in [2.75, 3.05) is 6.61 Å². The molecule has 9 nitrogen and oxygen atoms in total. The van der Waals surface area contributed by atoms with Gasteiger partial charge in [0, 0.05) is 11.6 Å². The van der Waals surface area contributed by atoms with Gasteiger partial charge in [0.25, 0.3) is 5.69 Å². The summed E-state index contributed by atoms with van der Waals surface area (Å²) in [5.41, 5.74) is -0.0231. The van der Waals surface area contributed by atoms with E-state index in [9.17, 15) is 15.2 Å². The molecule has 22 heavy (non-hydrogen) atoms. The molecular formula is C13H15N5O4. The first-order valence-corrected chi connectivity index (χ1v) is 6.51. The first-order chi connectivity index (χ1) is 10.4. The molecule has 0 aliphatic rings. The van der Waals surface area contributed by atoms with Gasteiger partial charge in [-0.25, -0.2) is 4.68 Å². The number of hydrogen-bond acceptors (Lipinski definition) is 7. The van der Waals surface area contributed by atoms with Crippen molar-refractivity contribution in [2.45, 2.75) is 20.8 Å². The summed E-state index contributed by atoms with van der Waals surface area (Å²) in [6.07, 6.45) is 1.30. The van der Waals surface area contributed by atoms with Crippen molar-refractivity contribution < 1.29 is 14.8 Å². The molecule has 0 radical (unpaired) electrons. The number of aromatic nitrogens is 3. The molecule has 0 saturated heterocycles. The molecule has 1 aromatic heterocycles. The van der Waals surface area contributed by atoms with E-state index in [1.54, 1.807) is 20.8 Å². The molecule has 0 atom stereocenters. The lowest BCUT2D eigenvalue weighted by Gasteiger charge is -2.08. The Hall–Kier alpha value is -2.97. The van der Waals surface area contributed by atoms with Gasteiger partial charge in [-0.1, -0.05) is 0 Å². The number of phenolic OH excluding ortho intramolecular Hbond substituents is 1. The second-order valence-corrected chi connectivity index (χ2v) is 4.42. The normalized spacial score (nSPS) is 11.0. The number of ether oxygens (including phenoxy) is 1. The summed E-state index contributed by atoms with van der Waals surface area (Å²) in [4.78, 5) is 10.4. The van der Waals surface area contributed by atoms with Crippen LogP contribution in [0.1, 0.15) is 24.1 Å². The van der Waals surface area contributed by atoms with Gasteiger partial charge in [0.05, 0.1) is 23.8 Å². The molecule has 116 valence electrons. The van der Waals surface area contributed by atoms with Crippen molar-refractivity contribution in [1.29, 1.82) is 0 Å². The van der Waals surface area contributed by atoms with Crippen molar-refractivity contribution in [1.82, 2.24) is 14.9 Å². The van der Waals surface area contributed by atoms with Crippen molar-refractivity contribution in [3.05, 3.63) is 39.5 Å². The van der Waals surface area contributed by atoms with Gasteiger partial charge >= 0.3 is 0 Å². The minimum atomic E-state index is -0.561. The zero-order valence-electron chi connectivity index (χ0n) is 12.3. The number of nitro groups is 1. The minimum Gasteiger partial charge on any atom is -0.504 e. The van der Waals surface area contributed by atoms with Gasteiger partial charge in [0.2, 0.25) is 0 Å². The Morgan fingerprint density at radius 2 is 2.05 bits per heavy atom. The van der Waals surface area contributed by atoms with Crippen molar-refractivity contribution >= 4 is 11.9 Å². The summed E-state index contributed by atoms with van der Waals surface area (Å²) in [5, 5.41) is 32.9. The van der Waals surface area contributed by atoms with Crippen LogP contribution in [-0.4, -0.2) is 37.7 Å². The highest BCUT2D eigenvalue weighted by molar-refractivity contribution is 5.86. The second kappa shape index (κ2) is 6.20. The average Bonchev–Trinajstić information content (AvgIpc) is 2.79. The third-order valence-corrected chi connectivity index (χ3v) is 2.86. The maximum Gasteiger partial charge on any atom is 0.274 e. The number of aryl methyl sites for hydroxylation is 2. The maximum atomic E-state index is 11.0. The zero-order chi connectivity index (χ0) is 16.3. The molecule has 2 aromatic rings. The lowest BCUT2D eigenvalue weighted by Crippen LogP contribution is -1.99. The first kappa shape index (κ1) is 15.4. The van der Waals surface area contributed by atoms with Crippen LogP contribution in [0, 0.1) is 24.0 Å². The van der Waals surface area contributed by atoms with Crippen LogP contribution in [-0.2, 0) is 0 Å². The molecule has 0 aliphatic carbocycles. The monoisotopic (exact) mass is 305 g/mol. The largest absolute Gasteiger partial charge is 0.504 e. The van der Waals surface area contributed by atoms with E-state index in [0.717, 1.165) is 0 Å². The topological polar surface area (TPSA) is 116 Å². The summed E-state index contributed by atoms with van der Waals surface area (Å²) in [7, 11) is 0. The molecule has 0 aliphatic heterocycles. The first-order valence-electron chi connectivity index (χ1n) is 6.51. The zero-order valence-corrected chi connectivity index (χ0v) is 12.3. The highest BCUT2D eigenvalue weighted by Gasteiger charge is 2.16. The van der Waals surface area contributed by atoms with Crippen LogP contribution in [0.5, 0.6) is 11.5 Å². The van der Waals surface area contributed by atoms with E-state index in [0.29, 0.717) is 11.6 Å². The second-order valence-electron chi connectivity index (χ2n) is 4.42. The fraction of sp³-hybridized carbons (Fsp3) is 0.308. The fourth-order valence-electron chi connectivity index (χ4n) is 1.83. The van der Waals surface area contributed by atoms with Gasteiger partial charge in [-0.15, -0.1) is 10.2 Å². The molecule has 0 fully saturated rings. The highest BCUT2D eigenvalue weighted by Crippen LogP contribution is 2.33. The summed E-state index contributed by atoms with van der Waals surface area (Å²) >= 11 is 0. The van der Waals surface area contributed by atoms with Crippen LogP contribution >= 0.6 is 0 Å². The van der Waals surface area contributed by atoms with Gasteiger partial charge in [-0.2, -0.15) is 5.10 Å². The van der Waals surface area contributed by atoms with E-state index in [2.05, 4.69) is 15.3 Å². The number of aromatic hydroxyl groups is 1. The molecule has 1 aromatic carbocycles. The predicted octanol–water partition coefficient (Wildman–Crippen LogP) is 1.79. The van der Waals surface area contributed by atoms with Gasteiger partial charge in [-0.05, 0) is 20.8 Å². The van der Waals surface area contributed by atoms with E-state index in [-0.39, 0.29) is 29.4 Å². The molecule has 1 heterocycles. The Labute approximate surface area is 126 Å². The molecule has 1 N–H and O–H groups in total. The maximum absolute atomic E-state index is 11.0. The summed E-state index contributed by atoms with van der Waals surface area (Å²) in [6.45, 7) is 5.43. The Balaban J connectivity index is 2.47. The van der Waals surface area contributed by atoms with Crippen LogP contribution in [0.15, 0.2) is 17.2 Å². The molecule has 0 amide bonds. The van der Waals surface area contributed by atoms with Crippen LogP contribution in [0.3, 0.4) is 0 Å². The van der Waals surface area contributed by atoms with Crippen LogP contribution in [0.25, 0.3) is 0 Å². The molecule has 2 rings (SSSR count). The van der Waals surface area contributed by atoms with Gasteiger partial charge in [0.1, 0.15) is 0 Å². The van der Waals surface area contributed by atoms with Crippen molar-refractivity contribution in [3.63, 3.8) is 0 Å². The average molecular weight is 305 g/mol. The summed E-state index contributed by atoms with van der Waals surface area (Å²) < 4.78 is 6.66. The lowest BCUT2D eigenvalue weighted by atomic mass is 10.1. The molecule has 0 unspecified atom stereocenters. The Morgan fingerprint density at radius 1 is 1.41 bits per heavy atom. The third kappa shape index (κ3) is 3.03. The number of hydrogen-bond donors (Lipinski definition) is 1. The van der Waals surface area contributed by atoms with E-state index in [4.69, 9.17) is 4.74 Å². The number of benzene rings is 1. The SMILES string of the molecule is CCOc1cc([N+](=O)[O-])cc(C=Nn2c(C)nnc2C)c1O. The summed E-state index contributed by atoms with van der Waals surface area (Å²) in [6, 6.07) is 2.39. The quantitative estimate of drug-likeness (QED) is 0.511. The van der Waals surface area contributed by atoms with E-state index < -0.39 is 4.92 Å². The molecular weight excluding hydrogens is 290 g/mol. The molecule has 0 spiro atoms. The number of non-ortho nitro benzene ring substituents is 1. The number of phenols is 1. The highest BCUT2D eigenvalue weighted by atomic mass is 16.6. The smallest absolute Gasteiger partial charge is 0.274 e. The van der Waals surface area contributed by atoms with Crippen LogP contribution in [0.4, 0.5) is 5.69 Å². The third-order valence-electron chi connectivity index (χ3n) is 2.86. The van der Waals surface area contributed by atoms with E-state index in [1.807, 2.05) is 0 Å². The molecule has 9 heteroatoms.